The Hall–Kier alpha value is -2.16. The summed E-state index contributed by atoms with van der Waals surface area (Å²) in [5, 5.41) is 12.7. The lowest BCUT2D eigenvalue weighted by atomic mass is 9.84. The molecule has 154 valence electrons. The molecule has 4 atom stereocenters. The van der Waals surface area contributed by atoms with Crippen LogP contribution in [0.3, 0.4) is 0 Å². The molecule has 28 heavy (non-hydrogen) atoms. The number of aliphatic hydroxyl groups excluding tert-OH is 1. The number of nitrogens with one attached hydrogen (secondary N) is 1. The predicted octanol–water partition coefficient (Wildman–Crippen LogP) is 0.659. The first-order chi connectivity index (χ1) is 13.3. The standard InChI is InChI=1S/C20H29N3O5/c1-22(2)10-18(25)21-12-5-6-16-14(7-12)15-8-13(9-19(26)23(3)4)27-17(11-24)20(15)28-16/h5-7,13,15,17,20,24H,8-11H2,1-4H3,(H,21,25)/t13-,15+,17+,20-/m0/s1. The van der Waals surface area contributed by atoms with Gasteiger partial charge in [0, 0.05) is 31.3 Å². The van der Waals surface area contributed by atoms with Gasteiger partial charge in [-0.1, -0.05) is 0 Å². The number of carbonyl (C=O) groups excluding carboxylic acids is 2. The second kappa shape index (κ2) is 8.46. The van der Waals surface area contributed by atoms with Crippen molar-refractivity contribution in [1.29, 1.82) is 0 Å². The van der Waals surface area contributed by atoms with E-state index in [0.29, 0.717) is 18.7 Å². The minimum absolute atomic E-state index is 0.00608. The van der Waals surface area contributed by atoms with Crippen molar-refractivity contribution in [3.05, 3.63) is 23.8 Å². The molecule has 1 aromatic carbocycles. The third kappa shape index (κ3) is 4.45. The summed E-state index contributed by atoms with van der Waals surface area (Å²) < 4.78 is 12.0. The van der Waals surface area contributed by atoms with E-state index in [1.807, 2.05) is 32.3 Å². The number of aliphatic hydroxyl groups is 1. The molecule has 0 aromatic heterocycles. The Balaban J connectivity index is 1.78. The van der Waals surface area contributed by atoms with Gasteiger partial charge in [0.25, 0.3) is 0 Å². The van der Waals surface area contributed by atoms with Crippen molar-refractivity contribution < 1.29 is 24.2 Å². The van der Waals surface area contributed by atoms with Crippen molar-refractivity contribution >= 4 is 17.5 Å². The van der Waals surface area contributed by atoms with E-state index in [4.69, 9.17) is 9.47 Å². The molecule has 0 radical (unpaired) electrons. The molecule has 0 unspecified atom stereocenters. The van der Waals surface area contributed by atoms with Gasteiger partial charge in [-0.2, -0.15) is 0 Å². The number of amides is 2. The monoisotopic (exact) mass is 391 g/mol. The maximum absolute atomic E-state index is 12.1. The fourth-order valence-electron chi connectivity index (χ4n) is 3.83. The Bertz CT molecular complexity index is 737. The molecule has 0 bridgehead atoms. The number of hydrogen-bond donors (Lipinski definition) is 2. The summed E-state index contributed by atoms with van der Waals surface area (Å²) in [6.45, 7) is 0.128. The molecule has 0 spiro atoms. The fourth-order valence-corrected chi connectivity index (χ4v) is 3.83. The number of carbonyl (C=O) groups is 2. The predicted molar refractivity (Wildman–Crippen MR) is 104 cm³/mol. The zero-order valence-corrected chi connectivity index (χ0v) is 16.8. The van der Waals surface area contributed by atoms with Crippen molar-refractivity contribution in [2.24, 2.45) is 0 Å². The van der Waals surface area contributed by atoms with Crippen LogP contribution in [0.25, 0.3) is 0 Å². The summed E-state index contributed by atoms with van der Waals surface area (Å²) in [6.07, 6.45) is -0.171. The van der Waals surface area contributed by atoms with Crippen molar-refractivity contribution in [2.45, 2.75) is 37.1 Å². The second-order valence-corrected chi connectivity index (χ2v) is 7.93. The van der Waals surface area contributed by atoms with Gasteiger partial charge in [0.1, 0.15) is 18.0 Å². The molecular formula is C20H29N3O5. The first-order valence-corrected chi connectivity index (χ1v) is 9.50. The molecule has 0 aliphatic carbocycles. The van der Waals surface area contributed by atoms with Crippen molar-refractivity contribution in [2.75, 3.05) is 46.7 Å². The molecule has 0 saturated carbocycles. The number of fused-ring (bicyclic) bond motifs is 3. The topological polar surface area (TPSA) is 91.3 Å². The van der Waals surface area contributed by atoms with E-state index in [0.717, 1.165) is 11.3 Å². The van der Waals surface area contributed by atoms with E-state index in [9.17, 15) is 14.7 Å². The van der Waals surface area contributed by atoms with Gasteiger partial charge in [-0.3, -0.25) is 9.59 Å². The van der Waals surface area contributed by atoms with Gasteiger partial charge in [0.2, 0.25) is 11.8 Å². The molecule has 1 fully saturated rings. The molecule has 1 aromatic rings. The van der Waals surface area contributed by atoms with Crippen LogP contribution in [0.2, 0.25) is 0 Å². The average Bonchev–Trinajstić information content (AvgIpc) is 2.98. The molecule has 2 N–H and O–H groups in total. The second-order valence-electron chi connectivity index (χ2n) is 7.93. The van der Waals surface area contributed by atoms with Gasteiger partial charge in [-0.05, 0) is 38.7 Å². The number of hydrogen-bond acceptors (Lipinski definition) is 6. The van der Waals surface area contributed by atoms with E-state index in [1.165, 1.54) is 0 Å². The van der Waals surface area contributed by atoms with Crippen LogP contribution in [-0.2, 0) is 14.3 Å². The van der Waals surface area contributed by atoms with Crippen LogP contribution < -0.4 is 10.1 Å². The lowest BCUT2D eigenvalue weighted by Crippen LogP contribution is -2.47. The number of ether oxygens (including phenoxy) is 2. The van der Waals surface area contributed by atoms with E-state index in [2.05, 4.69) is 5.32 Å². The van der Waals surface area contributed by atoms with Crippen LogP contribution in [0, 0.1) is 0 Å². The van der Waals surface area contributed by atoms with Crippen LogP contribution in [0.15, 0.2) is 18.2 Å². The summed E-state index contributed by atoms with van der Waals surface area (Å²) in [6, 6.07) is 5.58. The number of rotatable bonds is 6. The minimum atomic E-state index is -0.488. The van der Waals surface area contributed by atoms with Crippen LogP contribution in [0.1, 0.15) is 24.3 Å². The quantitative estimate of drug-likeness (QED) is 0.740. The first kappa shape index (κ1) is 20.6. The Morgan fingerprint density at radius 1 is 1.25 bits per heavy atom. The third-order valence-electron chi connectivity index (χ3n) is 5.14. The maximum Gasteiger partial charge on any atom is 0.238 e. The molecular weight excluding hydrogens is 362 g/mol. The van der Waals surface area contributed by atoms with Gasteiger partial charge >= 0.3 is 0 Å². The third-order valence-corrected chi connectivity index (χ3v) is 5.14. The van der Waals surface area contributed by atoms with Crippen LogP contribution in [0.5, 0.6) is 5.75 Å². The van der Waals surface area contributed by atoms with E-state index >= 15 is 0 Å². The normalized spacial score (nSPS) is 25.6. The van der Waals surface area contributed by atoms with E-state index in [-0.39, 0.29) is 43.0 Å². The van der Waals surface area contributed by atoms with Gasteiger partial charge in [0.05, 0.1) is 25.7 Å². The number of likely N-dealkylation sites (N-methyl/N-ethyl adjacent to an activating group) is 1. The zero-order valence-electron chi connectivity index (χ0n) is 16.8. The minimum Gasteiger partial charge on any atom is -0.487 e. The van der Waals surface area contributed by atoms with E-state index < -0.39 is 6.10 Å². The largest absolute Gasteiger partial charge is 0.487 e. The highest BCUT2D eigenvalue weighted by Crippen LogP contribution is 2.47. The lowest BCUT2D eigenvalue weighted by Gasteiger charge is -2.37. The maximum atomic E-state index is 12.1. The smallest absolute Gasteiger partial charge is 0.238 e. The molecule has 2 aliphatic rings. The number of anilines is 1. The summed E-state index contributed by atoms with van der Waals surface area (Å²) in [5.41, 5.74) is 1.69. The van der Waals surface area contributed by atoms with Crippen LogP contribution in [0.4, 0.5) is 5.69 Å². The van der Waals surface area contributed by atoms with Gasteiger partial charge in [0.15, 0.2) is 0 Å². The van der Waals surface area contributed by atoms with Crippen molar-refractivity contribution in [3.8, 4) is 5.75 Å². The van der Waals surface area contributed by atoms with Crippen LogP contribution in [-0.4, -0.2) is 86.4 Å². The molecule has 8 nitrogen and oxygen atoms in total. The first-order valence-electron chi connectivity index (χ1n) is 9.50. The highest BCUT2D eigenvalue weighted by Gasteiger charge is 2.46. The van der Waals surface area contributed by atoms with Gasteiger partial charge in [-0.15, -0.1) is 0 Å². The zero-order chi connectivity index (χ0) is 20.4. The summed E-state index contributed by atoms with van der Waals surface area (Å²) >= 11 is 0. The molecule has 3 rings (SSSR count). The summed E-state index contributed by atoms with van der Waals surface area (Å²) in [7, 11) is 7.11. The number of benzene rings is 1. The Morgan fingerprint density at radius 2 is 2.00 bits per heavy atom. The summed E-state index contributed by atoms with van der Waals surface area (Å²) in [5.74, 6) is 0.646. The molecule has 1 saturated heterocycles. The number of nitrogens with zero attached hydrogens (tertiary/aromatic N) is 2. The lowest BCUT2D eigenvalue weighted by molar-refractivity contribution is -0.147. The Morgan fingerprint density at radius 3 is 2.64 bits per heavy atom. The fraction of sp³-hybridized carbons (Fsp3) is 0.600. The van der Waals surface area contributed by atoms with Gasteiger partial charge < -0.3 is 29.7 Å². The average molecular weight is 391 g/mol. The molecule has 2 aliphatic heterocycles. The SMILES string of the molecule is CN(C)CC(=O)Nc1ccc2c(c1)[C@H]1C[C@@H](CC(=O)N(C)C)O[C@H](CO)[C@H]1O2. The van der Waals surface area contributed by atoms with E-state index in [1.54, 1.807) is 23.9 Å². The Kier molecular flexibility index (Phi) is 6.22. The Labute approximate surface area is 165 Å². The van der Waals surface area contributed by atoms with Crippen molar-refractivity contribution in [3.63, 3.8) is 0 Å². The van der Waals surface area contributed by atoms with Crippen molar-refractivity contribution in [1.82, 2.24) is 9.80 Å². The van der Waals surface area contributed by atoms with Crippen LogP contribution >= 0.6 is 0 Å². The van der Waals surface area contributed by atoms with Gasteiger partial charge in [-0.25, -0.2) is 0 Å². The highest BCUT2D eigenvalue weighted by atomic mass is 16.6. The summed E-state index contributed by atoms with van der Waals surface area (Å²) in [4.78, 5) is 27.5. The molecule has 2 heterocycles. The molecule has 2 amide bonds. The highest BCUT2D eigenvalue weighted by molar-refractivity contribution is 5.92. The molecule has 8 heteroatoms.